The fraction of sp³-hybridized carbons (Fsp3) is 0.167. The van der Waals surface area contributed by atoms with Gasteiger partial charge in [0.1, 0.15) is 18.1 Å². The molecule has 88 valence electrons. The van der Waals surface area contributed by atoms with Crippen molar-refractivity contribution in [1.29, 1.82) is 0 Å². The van der Waals surface area contributed by atoms with Gasteiger partial charge in [-0.15, -0.1) is 0 Å². The molecule has 0 spiro atoms. The van der Waals surface area contributed by atoms with Crippen LogP contribution in [-0.4, -0.2) is 16.9 Å². The normalized spacial score (nSPS) is 9.35. The van der Waals surface area contributed by atoms with Crippen molar-refractivity contribution in [1.82, 2.24) is 0 Å². The standard InChI is InChI=1S/C12H8F2O3/c1-7(15)9-5-8(3-2-4-12(16)17)10(13)6-11(9)14/h5-6H,4H2,1H3,(H,16,17). The lowest BCUT2D eigenvalue weighted by molar-refractivity contribution is -0.135. The molecule has 0 aliphatic carbocycles. The zero-order valence-corrected chi connectivity index (χ0v) is 8.88. The summed E-state index contributed by atoms with van der Waals surface area (Å²) in [4.78, 5) is 21.2. The number of Topliss-reactive ketones (excluding diaryl/α,β-unsaturated/α-hetero) is 1. The van der Waals surface area contributed by atoms with Crippen molar-refractivity contribution in [3.05, 3.63) is 34.9 Å². The van der Waals surface area contributed by atoms with Crippen molar-refractivity contribution < 1.29 is 23.5 Å². The Morgan fingerprint density at radius 1 is 1.29 bits per heavy atom. The Kier molecular flexibility index (Phi) is 3.94. The third-order valence-corrected chi connectivity index (χ3v) is 1.90. The fourth-order valence-corrected chi connectivity index (χ4v) is 1.13. The van der Waals surface area contributed by atoms with Crippen LogP contribution in [0.3, 0.4) is 0 Å². The maximum absolute atomic E-state index is 13.2. The molecule has 0 bridgehead atoms. The number of carbonyl (C=O) groups excluding carboxylic acids is 1. The Balaban J connectivity index is 3.15. The van der Waals surface area contributed by atoms with Crippen LogP contribution in [0.2, 0.25) is 0 Å². The molecule has 1 rings (SSSR count). The highest BCUT2D eigenvalue weighted by Gasteiger charge is 2.11. The first-order chi connectivity index (χ1) is 7.91. The minimum Gasteiger partial charge on any atom is -0.481 e. The molecular formula is C12H8F2O3. The molecule has 0 atom stereocenters. The van der Waals surface area contributed by atoms with Gasteiger partial charge in [0, 0.05) is 6.07 Å². The lowest BCUT2D eigenvalue weighted by atomic mass is 10.1. The summed E-state index contributed by atoms with van der Waals surface area (Å²) in [6, 6.07) is 1.53. The number of aliphatic carboxylic acids is 1. The topological polar surface area (TPSA) is 54.4 Å². The summed E-state index contributed by atoms with van der Waals surface area (Å²) in [5.41, 5.74) is -0.469. The van der Waals surface area contributed by atoms with E-state index in [1.54, 1.807) is 0 Å². The maximum Gasteiger partial charge on any atom is 0.315 e. The smallest absolute Gasteiger partial charge is 0.315 e. The molecule has 3 nitrogen and oxygen atoms in total. The first kappa shape index (κ1) is 12.8. The van der Waals surface area contributed by atoms with Crippen molar-refractivity contribution >= 4 is 11.8 Å². The highest BCUT2D eigenvalue weighted by Crippen LogP contribution is 2.14. The Hall–Kier alpha value is -2.22. The molecule has 1 aromatic carbocycles. The number of carboxylic acids is 1. The van der Waals surface area contributed by atoms with Crippen LogP contribution in [0, 0.1) is 23.5 Å². The zero-order chi connectivity index (χ0) is 13.0. The van der Waals surface area contributed by atoms with E-state index < -0.39 is 29.8 Å². The zero-order valence-electron chi connectivity index (χ0n) is 8.88. The Bertz CT molecular complexity index is 539. The van der Waals surface area contributed by atoms with Gasteiger partial charge in [-0.25, -0.2) is 8.78 Å². The quantitative estimate of drug-likeness (QED) is 0.633. The number of ketones is 1. The molecule has 0 unspecified atom stereocenters. The van der Waals surface area contributed by atoms with Gasteiger partial charge in [-0.3, -0.25) is 9.59 Å². The average molecular weight is 238 g/mol. The van der Waals surface area contributed by atoms with Crippen LogP contribution < -0.4 is 0 Å². The van der Waals surface area contributed by atoms with Crippen molar-refractivity contribution in [3.63, 3.8) is 0 Å². The Morgan fingerprint density at radius 2 is 1.94 bits per heavy atom. The molecular weight excluding hydrogens is 230 g/mol. The highest BCUT2D eigenvalue weighted by atomic mass is 19.1. The molecule has 0 aliphatic rings. The van der Waals surface area contributed by atoms with Crippen LogP contribution in [0.4, 0.5) is 8.78 Å². The summed E-state index contributed by atoms with van der Waals surface area (Å²) in [5.74, 6) is 0.863. The van der Waals surface area contributed by atoms with Gasteiger partial charge in [-0.05, 0) is 13.0 Å². The van der Waals surface area contributed by atoms with Crippen LogP contribution in [0.25, 0.3) is 0 Å². The monoisotopic (exact) mass is 238 g/mol. The second-order valence-electron chi connectivity index (χ2n) is 3.24. The largest absolute Gasteiger partial charge is 0.481 e. The number of carboxylic acid groups (broad SMARTS) is 1. The first-order valence-electron chi connectivity index (χ1n) is 4.62. The summed E-state index contributed by atoms with van der Waals surface area (Å²) in [6.07, 6.45) is -0.452. The summed E-state index contributed by atoms with van der Waals surface area (Å²) in [5, 5.41) is 8.34. The molecule has 0 fully saturated rings. The number of hydrogen-bond acceptors (Lipinski definition) is 2. The molecule has 0 amide bonds. The first-order valence-corrected chi connectivity index (χ1v) is 4.62. The summed E-state index contributed by atoms with van der Waals surface area (Å²) < 4.78 is 26.3. The number of carbonyl (C=O) groups is 2. The summed E-state index contributed by atoms with van der Waals surface area (Å²) in [6.45, 7) is 1.14. The van der Waals surface area contributed by atoms with Gasteiger partial charge in [-0.2, -0.15) is 0 Å². The molecule has 1 N–H and O–H groups in total. The molecule has 0 radical (unpaired) electrons. The molecule has 1 aromatic rings. The summed E-state index contributed by atoms with van der Waals surface area (Å²) in [7, 11) is 0. The van der Waals surface area contributed by atoms with Gasteiger partial charge in [0.05, 0.1) is 11.1 Å². The molecule has 0 saturated heterocycles. The van der Waals surface area contributed by atoms with Gasteiger partial charge >= 0.3 is 5.97 Å². The van der Waals surface area contributed by atoms with Gasteiger partial charge in [-0.1, -0.05) is 11.8 Å². The van der Waals surface area contributed by atoms with Gasteiger partial charge in [0.25, 0.3) is 0 Å². The SMILES string of the molecule is CC(=O)c1cc(C#CCC(=O)O)c(F)cc1F. The number of hydrogen-bond donors (Lipinski definition) is 1. The predicted molar refractivity (Wildman–Crippen MR) is 55.5 cm³/mol. The molecule has 0 saturated carbocycles. The third-order valence-electron chi connectivity index (χ3n) is 1.90. The highest BCUT2D eigenvalue weighted by molar-refractivity contribution is 5.94. The Morgan fingerprint density at radius 3 is 2.47 bits per heavy atom. The number of halogens is 2. The molecule has 5 heteroatoms. The number of benzene rings is 1. The van der Waals surface area contributed by atoms with E-state index in [2.05, 4.69) is 11.8 Å². The van der Waals surface area contributed by atoms with E-state index in [-0.39, 0.29) is 11.1 Å². The number of rotatable bonds is 2. The maximum atomic E-state index is 13.2. The lowest BCUT2D eigenvalue weighted by Crippen LogP contribution is -2.00. The van der Waals surface area contributed by atoms with E-state index in [1.807, 2.05) is 0 Å². The van der Waals surface area contributed by atoms with E-state index in [1.165, 1.54) is 0 Å². The van der Waals surface area contributed by atoms with Gasteiger partial charge in [0.2, 0.25) is 0 Å². The van der Waals surface area contributed by atoms with Crippen molar-refractivity contribution in [2.75, 3.05) is 0 Å². The predicted octanol–water partition coefficient (Wildman–Crippen LogP) is 1.99. The molecule has 17 heavy (non-hydrogen) atoms. The lowest BCUT2D eigenvalue weighted by Gasteiger charge is -2.00. The van der Waals surface area contributed by atoms with Gasteiger partial charge in [0.15, 0.2) is 5.78 Å². The van der Waals surface area contributed by atoms with E-state index in [9.17, 15) is 18.4 Å². The van der Waals surface area contributed by atoms with Crippen molar-refractivity contribution in [2.24, 2.45) is 0 Å². The minimum absolute atomic E-state index is 0.196. The molecule has 0 heterocycles. The molecule has 0 aromatic heterocycles. The van der Waals surface area contributed by atoms with Crippen molar-refractivity contribution in [3.8, 4) is 11.8 Å². The van der Waals surface area contributed by atoms with E-state index in [4.69, 9.17) is 5.11 Å². The molecule has 0 aliphatic heterocycles. The Labute approximate surface area is 96.1 Å². The minimum atomic E-state index is -1.15. The average Bonchev–Trinajstić information content (AvgIpc) is 2.20. The van der Waals surface area contributed by atoms with Crippen LogP contribution >= 0.6 is 0 Å². The van der Waals surface area contributed by atoms with Crippen LogP contribution in [0.5, 0.6) is 0 Å². The van der Waals surface area contributed by atoms with E-state index >= 15 is 0 Å². The van der Waals surface area contributed by atoms with Crippen LogP contribution in [-0.2, 0) is 4.79 Å². The second kappa shape index (κ2) is 5.21. The fourth-order valence-electron chi connectivity index (χ4n) is 1.13. The van der Waals surface area contributed by atoms with Gasteiger partial charge < -0.3 is 5.11 Å². The van der Waals surface area contributed by atoms with Crippen LogP contribution in [0.15, 0.2) is 12.1 Å². The van der Waals surface area contributed by atoms with E-state index in [0.29, 0.717) is 6.07 Å². The van der Waals surface area contributed by atoms with Crippen LogP contribution in [0.1, 0.15) is 29.3 Å². The van der Waals surface area contributed by atoms with E-state index in [0.717, 1.165) is 13.0 Å². The third kappa shape index (κ3) is 3.38. The second-order valence-corrected chi connectivity index (χ2v) is 3.24. The summed E-state index contributed by atoms with van der Waals surface area (Å²) >= 11 is 0. The van der Waals surface area contributed by atoms with Crippen molar-refractivity contribution in [2.45, 2.75) is 13.3 Å².